The lowest BCUT2D eigenvalue weighted by molar-refractivity contribution is -0.118. The Bertz CT molecular complexity index is 236. The fourth-order valence-corrected chi connectivity index (χ4v) is 2.38. The number of primary amides is 1. The maximum absolute atomic E-state index is 10.6. The van der Waals surface area contributed by atoms with Gasteiger partial charge in [-0.05, 0) is 25.7 Å². The van der Waals surface area contributed by atoms with Crippen LogP contribution in [0.15, 0.2) is 12.2 Å². The second kappa shape index (κ2) is 16.3. The first-order valence-electron chi connectivity index (χ1n) is 8.70. The molecule has 0 bridgehead atoms. The summed E-state index contributed by atoms with van der Waals surface area (Å²) in [5.41, 5.74) is 5.10. The molecule has 0 saturated heterocycles. The van der Waals surface area contributed by atoms with Gasteiger partial charge in [0.2, 0.25) is 5.91 Å². The van der Waals surface area contributed by atoms with Crippen molar-refractivity contribution in [1.82, 2.24) is 0 Å². The van der Waals surface area contributed by atoms with E-state index in [1.807, 2.05) is 0 Å². The Labute approximate surface area is 126 Å². The quantitative estimate of drug-likeness (QED) is 0.312. The van der Waals surface area contributed by atoms with E-state index < -0.39 is 0 Å². The molecule has 1 amide bonds. The largest absolute Gasteiger partial charge is 0.370 e. The lowest BCUT2D eigenvalue weighted by Crippen LogP contribution is -2.09. The van der Waals surface area contributed by atoms with Crippen LogP contribution in [0.5, 0.6) is 0 Å². The summed E-state index contributed by atoms with van der Waals surface area (Å²) in [6.45, 7) is 2.22. The number of amides is 1. The van der Waals surface area contributed by atoms with Gasteiger partial charge in [0.1, 0.15) is 0 Å². The lowest BCUT2D eigenvalue weighted by Gasteiger charge is -2.02. The fourth-order valence-electron chi connectivity index (χ4n) is 2.38. The molecular formula is C18H35NO. The molecule has 0 rings (SSSR count). The molecule has 118 valence electrons. The number of hydrogen-bond acceptors (Lipinski definition) is 1. The normalized spacial score (nSPS) is 11.2. The van der Waals surface area contributed by atoms with Gasteiger partial charge in [0.15, 0.2) is 0 Å². The summed E-state index contributed by atoms with van der Waals surface area (Å²) in [5, 5.41) is 0. The van der Waals surface area contributed by atoms with Crippen molar-refractivity contribution in [2.24, 2.45) is 5.73 Å². The monoisotopic (exact) mass is 281 g/mol. The minimum absolute atomic E-state index is 0.158. The molecule has 0 spiro atoms. The van der Waals surface area contributed by atoms with E-state index >= 15 is 0 Å². The Hall–Kier alpha value is -0.790. The number of carbonyl (C=O) groups is 1. The molecule has 0 atom stereocenters. The molecule has 0 aliphatic carbocycles. The minimum atomic E-state index is -0.158. The molecule has 0 aromatic heterocycles. The van der Waals surface area contributed by atoms with Gasteiger partial charge in [-0.2, -0.15) is 0 Å². The van der Waals surface area contributed by atoms with Crippen molar-refractivity contribution in [3.8, 4) is 0 Å². The summed E-state index contributed by atoms with van der Waals surface area (Å²) in [7, 11) is 0. The zero-order chi connectivity index (χ0) is 14.9. The predicted octanol–water partition coefficient (Wildman–Crippen LogP) is 5.51. The van der Waals surface area contributed by atoms with Crippen LogP contribution >= 0.6 is 0 Å². The Balaban J connectivity index is 3.01. The zero-order valence-electron chi connectivity index (χ0n) is 13.5. The van der Waals surface area contributed by atoms with Gasteiger partial charge in [-0.3, -0.25) is 4.79 Å². The standard InChI is InChI=1S/C18H35NO/c1-2-3-4-5-6-7-8-9-10-11-12-13-14-15-16-17-18(19)20/h4-5H,2-3,6-17H2,1H3,(H2,19,20). The molecule has 0 saturated carbocycles. The maximum atomic E-state index is 10.6. The van der Waals surface area contributed by atoms with Crippen LogP contribution in [0.2, 0.25) is 0 Å². The molecular weight excluding hydrogens is 246 g/mol. The molecule has 0 heterocycles. The molecule has 0 aliphatic rings. The van der Waals surface area contributed by atoms with Crippen LogP contribution in [0.4, 0.5) is 0 Å². The van der Waals surface area contributed by atoms with Crippen LogP contribution in [-0.2, 0) is 4.79 Å². The summed E-state index contributed by atoms with van der Waals surface area (Å²) in [6.07, 6.45) is 21.9. The van der Waals surface area contributed by atoms with Crippen molar-refractivity contribution in [2.45, 2.75) is 96.8 Å². The van der Waals surface area contributed by atoms with Gasteiger partial charge in [0, 0.05) is 6.42 Å². The van der Waals surface area contributed by atoms with Gasteiger partial charge < -0.3 is 5.73 Å². The third-order valence-electron chi connectivity index (χ3n) is 3.67. The minimum Gasteiger partial charge on any atom is -0.370 e. The predicted molar refractivity (Wildman–Crippen MR) is 88.6 cm³/mol. The van der Waals surface area contributed by atoms with Gasteiger partial charge in [0.05, 0.1) is 0 Å². The average Bonchev–Trinajstić information content (AvgIpc) is 2.43. The van der Waals surface area contributed by atoms with Crippen molar-refractivity contribution in [2.75, 3.05) is 0 Å². The Morgan fingerprint density at radius 3 is 1.70 bits per heavy atom. The molecule has 0 unspecified atom stereocenters. The molecule has 0 aromatic carbocycles. The first-order chi connectivity index (χ1) is 9.77. The molecule has 2 N–H and O–H groups in total. The highest BCUT2D eigenvalue weighted by molar-refractivity contribution is 5.73. The Morgan fingerprint density at radius 2 is 1.20 bits per heavy atom. The number of carbonyl (C=O) groups excluding carboxylic acids is 1. The van der Waals surface area contributed by atoms with E-state index in [2.05, 4.69) is 19.1 Å². The van der Waals surface area contributed by atoms with Gasteiger partial charge in [-0.1, -0.05) is 76.9 Å². The van der Waals surface area contributed by atoms with Gasteiger partial charge in [0.25, 0.3) is 0 Å². The second-order valence-electron chi connectivity index (χ2n) is 5.80. The molecule has 20 heavy (non-hydrogen) atoms. The summed E-state index contributed by atoms with van der Waals surface area (Å²) in [6, 6.07) is 0. The van der Waals surface area contributed by atoms with E-state index in [0.29, 0.717) is 6.42 Å². The van der Waals surface area contributed by atoms with Crippen LogP contribution in [0.3, 0.4) is 0 Å². The van der Waals surface area contributed by atoms with E-state index in [0.717, 1.165) is 12.8 Å². The van der Waals surface area contributed by atoms with Gasteiger partial charge in [-0.25, -0.2) is 0 Å². The lowest BCUT2D eigenvalue weighted by atomic mass is 10.0. The van der Waals surface area contributed by atoms with Crippen LogP contribution in [0.25, 0.3) is 0 Å². The van der Waals surface area contributed by atoms with Crippen LogP contribution in [-0.4, -0.2) is 5.91 Å². The molecule has 0 aliphatic heterocycles. The van der Waals surface area contributed by atoms with Crippen molar-refractivity contribution >= 4 is 5.91 Å². The van der Waals surface area contributed by atoms with E-state index in [9.17, 15) is 4.79 Å². The maximum Gasteiger partial charge on any atom is 0.217 e. The topological polar surface area (TPSA) is 43.1 Å². The highest BCUT2D eigenvalue weighted by Gasteiger charge is 1.95. The first kappa shape index (κ1) is 19.2. The summed E-state index contributed by atoms with van der Waals surface area (Å²) < 4.78 is 0. The summed E-state index contributed by atoms with van der Waals surface area (Å²) >= 11 is 0. The van der Waals surface area contributed by atoms with Crippen LogP contribution in [0, 0.1) is 0 Å². The van der Waals surface area contributed by atoms with Gasteiger partial charge >= 0.3 is 0 Å². The number of allylic oxidation sites excluding steroid dienone is 2. The van der Waals surface area contributed by atoms with E-state index in [1.54, 1.807) is 0 Å². The summed E-state index contributed by atoms with van der Waals surface area (Å²) in [4.78, 5) is 10.6. The molecule has 2 heteroatoms. The Kier molecular flexibility index (Phi) is 15.6. The number of unbranched alkanes of at least 4 members (excludes halogenated alkanes) is 11. The highest BCUT2D eigenvalue weighted by atomic mass is 16.1. The summed E-state index contributed by atoms with van der Waals surface area (Å²) in [5.74, 6) is -0.158. The van der Waals surface area contributed by atoms with Crippen LogP contribution < -0.4 is 5.73 Å². The molecule has 0 fully saturated rings. The highest BCUT2D eigenvalue weighted by Crippen LogP contribution is 2.12. The fraction of sp³-hybridized carbons (Fsp3) is 0.833. The number of hydrogen-bond donors (Lipinski definition) is 1. The molecule has 0 radical (unpaired) electrons. The first-order valence-corrected chi connectivity index (χ1v) is 8.70. The molecule has 2 nitrogen and oxygen atoms in total. The Morgan fingerprint density at radius 1 is 0.750 bits per heavy atom. The SMILES string of the molecule is CCCC=CCCCCCCCCCCCCC(N)=O. The third-order valence-corrected chi connectivity index (χ3v) is 3.67. The smallest absolute Gasteiger partial charge is 0.217 e. The van der Waals surface area contributed by atoms with Crippen LogP contribution in [0.1, 0.15) is 96.8 Å². The molecule has 0 aromatic rings. The van der Waals surface area contributed by atoms with E-state index in [4.69, 9.17) is 5.73 Å². The number of nitrogens with two attached hydrogens (primary N) is 1. The van der Waals surface area contributed by atoms with Crippen molar-refractivity contribution in [1.29, 1.82) is 0 Å². The number of rotatable bonds is 15. The van der Waals surface area contributed by atoms with E-state index in [-0.39, 0.29) is 5.91 Å². The van der Waals surface area contributed by atoms with Crippen molar-refractivity contribution in [3.05, 3.63) is 12.2 Å². The van der Waals surface area contributed by atoms with Gasteiger partial charge in [-0.15, -0.1) is 0 Å². The average molecular weight is 281 g/mol. The van der Waals surface area contributed by atoms with E-state index in [1.165, 1.54) is 70.6 Å². The zero-order valence-corrected chi connectivity index (χ0v) is 13.5. The third kappa shape index (κ3) is 17.2. The second-order valence-corrected chi connectivity index (χ2v) is 5.80. The van der Waals surface area contributed by atoms with Crippen molar-refractivity contribution in [3.63, 3.8) is 0 Å². The van der Waals surface area contributed by atoms with Crippen molar-refractivity contribution < 1.29 is 4.79 Å².